The molecule has 1 amide bonds. The van der Waals surface area contributed by atoms with E-state index in [9.17, 15) is 4.79 Å². The summed E-state index contributed by atoms with van der Waals surface area (Å²) < 4.78 is 10.3. The highest BCUT2D eigenvalue weighted by Gasteiger charge is 2.29. The van der Waals surface area contributed by atoms with Crippen LogP contribution in [0.4, 0.5) is 5.69 Å². The molecule has 1 aliphatic rings. The molecule has 1 N–H and O–H groups in total. The number of hydrogen-bond donors (Lipinski definition) is 1. The van der Waals surface area contributed by atoms with Gasteiger partial charge in [0, 0.05) is 18.7 Å². The summed E-state index contributed by atoms with van der Waals surface area (Å²) in [5.41, 5.74) is 0.820. The molecule has 0 bridgehead atoms. The molecule has 0 saturated heterocycles. The van der Waals surface area contributed by atoms with Crippen molar-refractivity contribution in [1.82, 2.24) is 0 Å². The summed E-state index contributed by atoms with van der Waals surface area (Å²) in [6.07, 6.45) is 2.04. The van der Waals surface area contributed by atoms with Crippen LogP contribution in [0.25, 0.3) is 0 Å². The van der Waals surface area contributed by atoms with Gasteiger partial charge in [-0.15, -0.1) is 0 Å². The number of benzene rings is 1. The molecule has 4 heteroatoms. The molecule has 4 nitrogen and oxygen atoms in total. The summed E-state index contributed by atoms with van der Waals surface area (Å²) in [5, 5.41) is 2.88. The van der Waals surface area contributed by atoms with Crippen LogP contribution in [0.2, 0.25) is 0 Å². The molecule has 0 heterocycles. The van der Waals surface area contributed by atoms with E-state index in [-0.39, 0.29) is 11.8 Å². The molecule has 0 atom stereocenters. The first-order valence-electron chi connectivity index (χ1n) is 5.82. The minimum atomic E-state index is 0.123. The van der Waals surface area contributed by atoms with Gasteiger partial charge in [-0.1, -0.05) is 0 Å². The Hall–Kier alpha value is -1.55. The van der Waals surface area contributed by atoms with Gasteiger partial charge in [0.15, 0.2) is 0 Å². The van der Waals surface area contributed by atoms with E-state index >= 15 is 0 Å². The van der Waals surface area contributed by atoms with Crippen molar-refractivity contribution in [3.63, 3.8) is 0 Å². The minimum absolute atomic E-state index is 0.123. The Labute approximate surface area is 101 Å². The van der Waals surface area contributed by atoms with E-state index in [0.29, 0.717) is 13.2 Å². The van der Waals surface area contributed by atoms with Crippen LogP contribution in [0.15, 0.2) is 24.3 Å². The quantitative estimate of drug-likeness (QED) is 0.768. The second kappa shape index (κ2) is 5.68. The Kier molecular flexibility index (Phi) is 3.98. The third kappa shape index (κ3) is 3.75. The van der Waals surface area contributed by atoms with Crippen molar-refractivity contribution in [3.8, 4) is 5.75 Å². The van der Waals surface area contributed by atoms with Crippen LogP contribution in [0.1, 0.15) is 12.8 Å². The zero-order chi connectivity index (χ0) is 12.1. The number of methoxy groups -OCH3 is 1. The molecule has 0 unspecified atom stereocenters. The fourth-order valence-corrected chi connectivity index (χ4v) is 1.47. The topological polar surface area (TPSA) is 47.6 Å². The van der Waals surface area contributed by atoms with Crippen LogP contribution >= 0.6 is 0 Å². The van der Waals surface area contributed by atoms with Gasteiger partial charge in [0.2, 0.25) is 5.91 Å². The second-order valence-corrected chi connectivity index (χ2v) is 4.13. The second-order valence-electron chi connectivity index (χ2n) is 4.13. The van der Waals surface area contributed by atoms with Gasteiger partial charge in [0.25, 0.3) is 0 Å². The van der Waals surface area contributed by atoms with Crippen molar-refractivity contribution in [2.24, 2.45) is 5.92 Å². The van der Waals surface area contributed by atoms with E-state index in [1.165, 1.54) is 0 Å². The third-order valence-electron chi connectivity index (χ3n) is 2.63. The zero-order valence-electron chi connectivity index (χ0n) is 9.94. The van der Waals surface area contributed by atoms with E-state index < -0.39 is 0 Å². The van der Waals surface area contributed by atoms with E-state index in [4.69, 9.17) is 9.47 Å². The van der Waals surface area contributed by atoms with Gasteiger partial charge in [-0.05, 0) is 37.1 Å². The molecule has 0 aliphatic heterocycles. The average Bonchev–Trinajstić information content (AvgIpc) is 3.16. The number of carbonyl (C=O) groups is 1. The van der Waals surface area contributed by atoms with E-state index in [0.717, 1.165) is 24.3 Å². The maximum absolute atomic E-state index is 11.5. The van der Waals surface area contributed by atoms with Gasteiger partial charge < -0.3 is 14.8 Å². The minimum Gasteiger partial charge on any atom is -0.491 e. The van der Waals surface area contributed by atoms with Crippen LogP contribution < -0.4 is 10.1 Å². The molecule has 1 aliphatic carbocycles. The highest BCUT2D eigenvalue weighted by atomic mass is 16.5. The predicted molar refractivity (Wildman–Crippen MR) is 65.2 cm³/mol. The summed E-state index contributed by atoms with van der Waals surface area (Å²) in [5.74, 6) is 1.14. The zero-order valence-corrected chi connectivity index (χ0v) is 9.94. The van der Waals surface area contributed by atoms with Gasteiger partial charge >= 0.3 is 0 Å². The van der Waals surface area contributed by atoms with Gasteiger partial charge in [-0.25, -0.2) is 0 Å². The molecule has 0 aromatic heterocycles. The number of rotatable bonds is 6. The first-order chi connectivity index (χ1) is 8.29. The molecule has 0 spiro atoms. The Morgan fingerprint density at radius 1 is 1.29 bits per heavy atom. The number of nitrogens with one attached hydrogen (secondary N) is 1. The SMILES string of the molecule is COCCOc1ccc(NC(=O)C2CC2)cc1. The number of anilines is 1. The van der Waals surface area contributed by atoms with Crippen LogP contribution in [0.5, 0.6) is 5.75 Å². The van der Waals surface area contributed by atoms with Gasteiger partial charge in [0.05, 0.1) is 6.61 Å². The fraction of sp³-hybridized carbons (Fsp3) is 0.462. The lowest BCUT2D eigenvalue weighted by Gasteiger charge is -2.07. The summed E-state index contributed by atoms with van der Waals surface area (Å²) in [4.78, 5) is 11.5. The molecule has 17 heavy (non-hydrogen) atoms. The molecular formula is C13H17NO3. The molecule has 1 saturated carbocycles. The van der Waals surface area contributed by atoms with Crippen LogP contribution in [0, 0.1) is 5.92 Å². The predicted octanol–water partition coefficient (Wildman–Crippen LogP) is 2.06. The number of ether oxygens (including phenoxy) is 2. The normalized spacial score (nSPS) is 14.4. The first-order valence-corrected chi connectivity index (χ1v) is 5.82. The fourth-order valence-electron chi connectivity index (χ4n) is 1.47. The highest BCUT2D eigenvalue weighted by molar-refractivity contribution is 5.94. The Balaban J connectivity index is 1.82. The van der Waals surface area contributed by atoms with E-state index in [1.807, 2.05) is 24.3 Å². The van der Waals surface area contributed by atoms with Gasteiger partial charge in [-0.2, -0.15) is 0 Å². The number of amides is 1. The van der Waals surface area contributed by atoms with Crippen LogP contribution in [-0.4, -0.2) is 26.2 Å². The summed E-state index contributed by atoms with van der Waals surface area (Å²) in [6.45, 7) is 1.10. The Morgan fingerprint density at radius 3 is 2.59 bits per heavy atom. The highest BCUT2D eigenvalue weighted by Crippen LogP contribution is 2.30. The van der Waals surface area contributed by atoms with E-state index in [1.54, 1.807) is 7.11 Å². The molecule has 0 radical (unpaired) electrons. The largest absolute Gasteiger partial charge is 0.491 e. The van der Waals surface area contributed by atoms with E-state index in [2.05, 4.69) is 5.32 Å². The lowest BCUT2D eigenvalue weighted by molar-refractivity contribution is -0.117. The molecule has 2 rings (SSSR count). The van der Waals surface area contributed by atoms with Crippen molar-refractivity contribution in [2.45, 2.75) is 12.8 Å². The lowest BCUT2D eigenvalue weighted by atomic mass is 10.3. The molecule has 92 valence electrons. The van der Waals surface area contributed by atoms with Crippen molar-refractivity contribution >= 4 is 11.6 Å². The average molecular weight is 235 g/mol. The molecule has 1 aromatic carbocycles. The Bertz CT molecular complexity index is 371. The van der Waals surface area contributed by atoms with Crippen LogP contribution in [0.3, 0.4) is 0 Å². The van der Waals surface area contributed by atoms with Gasteiger partial charge in [-0.3, -0.25) is 4.79 Å². The smallest absolute Gasteiger partial charge is 0.227 e. The van der Waals surface area contributed by atoms with Crippen molar-refractivity contribution < 1.29 is 14.3 Å². The summed E-state index contributed by atoms with van der Waals surface area (Å²) >= 11 is 0. The maximum atomic E-state index is 11.5. The monoisotopic (exact) mass is 235 g/mol. The first kappa shape index (κ1) is 11.9. The molecule has 1 fully saturated rings. The van der Waals surface area contributed by atoms with Crippen molar-refractivity contribution in [1.29, 1.82) is 0 Å². The molecular weight excluding hydrogens is 218 g/mol. The lowest BCUT2D eigenvalue weighted by Crippen LogP contribution is -2.13. The number of carbonyl (C=O) groups excluding carboxylic acids is 1. The summed E-state index contributed by atoms with van der Waals surface area (Å²) in [7, 11) is 1.64. The molecule has 1 aromatic rings. The van der Waals surface area contributed by atoms with Gasteiger partial charge in [0.1, 0.15) is 12.4 Å². The van der Waals surface area contributed by atoms with Crippen molar-refractivity contribution in [3.05, 3.63) is 24.3 Å². The summed E-state index contributed by atoms with van der Waals surface area (Å²) in [6, 6.07) is 7.39. The third-order valence-corrected chi connectivity index (χ3v) is 2.63. The maximum Gasteiger partial charge on any atom is 0.227 e. The van der Waals surface area contributed by atoms with Crippen LogP contribution in [-0.2, 0) is 9.53 Å². The van der Waals surface area contributed by atoms with Crippen molar-refractivity contribution in [2.75, 3.05) is 25.6 Å². The standard InChI is InChI=1S/C13H17NO3/c1-16-8-9-17-12-6-4-11(5-7-12)14-13(15)10-2-3-10/h4-7,10H,2-3,8-9H2,1H3,(H,14,15). The Morgan fingerprint density at radius 2 is 2.00 bits per heavy atom. The number of hydrogen-bond acceptors (Lipinski definition) is 3.